The summed E-state index contributed by atoms with van der Waals surface area (Å²) in [7, 11) is 1.59. The first-order valence-electron chi connectivity index (χ1n) is 4.81. The van der Waals surface area contributed by atoms with Crippen molar-refractivity contribution in [2.45, 2.75) is 6.04 Å². The molecule has 2 heterocycles. The van der Waals surface area contributed by atoms with Crippen LogP contribution < -0.4 is 16.0 Å². The third kappa shape index (κ3) is 1.88. The molecule has 6 nitrogen and oxygen atoms in total. The average molecular weight is 219 g/mol. The van der Waals surface area contributed by atoms with Crippen molar-refractivity contribution in [3.63, 3.8) is 0 Å². The normalized spacial score (nSPS) is 12.4. The van der Waals surface area contributed by atoms with Gasteiger partial charge in [-0.05, 0) is 12.1 Å². The van der Waals surface area contributed by atoms with Crippen LogP contribution in [0.2, 0.25) is 0 Å². The number of H-pyrrole nitrogens is 1. The molecule has 6 heteroatoms. The van der Waals surface area contributed by atoms with Crippen molar-refractivity contribution in [1.82, 2.24) is 20.4 Å². The molecule has 0 radical (unpaired) electrons. The number of imidazole rings is 1. The van der Waals surface area contributed by atoms with Gasteiger partial charge in [-0.15, -0.1) is 0 Å². The molecule has 0 spiro atoms. The van der Waals surface area contributed by atoms with Crippen LogP contribution in [0.1, 0.15) is 17.6 Å². The maximum absolute atomic E-state index is 5.51. The Hall–Kier alpha value is -1.92. The molecule has 0 saturated carbocycles. The van der Waals surface area contributed by atoms with Gasteiger partial charge in [-0.25, -0.2) is 10.4 Å². The molecule has 0 bridgehead atoms. The Balaban J connectivity index is 2.41. The van der Waals surface area contributed by atoms with E-state index in [1.54, 1.807) is 31.8 Å². The highest BCUT2D eigenvalue weighted by atomic mass is 16.5. The fourth-order valence-electron chi connectivity index (χ4n) is 1.51. The summed E-state index contributed by atoms with van der Waals surface area (Å²) in [5.41, 5.74) is 3.36. The van der Waals surface area contributed by atoms with Gasteiger partial charge in [0.1, 0.15) is 23.3 Å². The van der Waals surface area contributed by atoms with Gasteiger partial charge in [0.2, 0.25) is 0 Å². The van der Waals surface area contributed by atoms with Crippen molar-refractivity contribution < 1.29 is 4.74 Å². The lowest BCUT2D eigenvalue weighted by atomic mass is 10.1. The van der Waals surface area contributed by atoms with Crippen LogP contribution in [-0.2, 0) is 0 Å². The van der Waals surface area contributed by atoms with E-state index in [1.807, 2.05) is 6.07 Å². The standard InChI is InChI=1S/C10H13N5O/c1-16-7-3-2-4-12-8(7)9(15-11)10-13-5-6-14-10/h2-6,9,15H,11H2,1H3,(H,13,14). The fourth-order valence-corrected chi connectivity index (χ4v) is 1.51. The number of hydrogen-bond acceptors (Lipinski definition) is 5. The monoisotopic (exact) mass is 219 g/mol. The predicted molar refractivity (Wildman–Crippen MR) is 58.5 cm³/mol. The van der Waals surface area contributed by atoms with Crippen LogP contribution in [0.4, 0.5) is 0 Å². The Morgan fingerprint density at radius 2 is 2.31 bits per heavy atom. The van der Waals surface area contributed by atoms with Crippen LogP contribution in [0, 0.1) is 0 Å². The van der Waals surface area contributed by atoms with Crippen LogP contribution in [0.15, 0.2) is 30.7 Å². The second kappa shape index (κ2) is 4.73. The molecule has 0 saturated heterocycles. The Bertz CT molecular complexity index is 442. The summed E-state index contributed by atoms with van der Waals surface area (Å²) in [4.78, 5) is 11.4. The second-order valence-electron chi connectivity index (χ2n) is 3.16. The van der Waals surface area contributed by atoms with Crippen LogP contribution in [0.5, 0.6) is 5.75 Å². The first-order chi connectivity index (χ1) is 7.86. The average Bonchev–Trinajstić information content (AvgIpc) is 2.84. The van der Waals surface area contributed by atoms with Gasteiger partial charge in [0, 0.05) is 18.6 Å². The zero-order chi connectivity index (χ0) is 11.4. The highest BCUT2D eigenvalue weighted by Gasteiger charge is 2.19. The van der Waals surface area contributed by atoms with Gasteiger partial charge in [0.15, 0.2) is 0 Å². The maximum Gasteiger partial charge on any atom is 0.142 e. The molecular weight excluding hydrogens is 206 g/mol. The van der Waals surface area contributed by atoms with E-state index in [4.69, 9.17) is 10.6 Å². The number of hydrogen-bond donors (Lipinski definition) is 3. The summed E-state index contributed by atoms with van der Waals surface area (Å²) in [6.07, 6.45) is 5.08. The molecule has 0 aliphatic carbocycles. The van der Waals surface area contributed by atoms with Gasteiger partial charge in [0.25, 0.3) is 0 Å². The van der Waals surface area contributed by atoms with E-state index in [0.717, 1.165) is 0 Å². The highest BCUT2D eigenvalue weighted by Crippen LogP contribution is 2.24. The molecule has 1 atom stereocenters. The molecule has 2 rings (SSSR count). The smallest absolute Gasteiger partial charge is 0.142 e. The van der Waals surface area contributed by atoms with E-state index in [2.05, 4.69) is 20.4 Å². The predicted octanol–water partition coefficient (Wildman–Crippen LogP) is 0.366. The van der Waals surface area contributed by atoms with Gasteiger partial charge in [-0.1, -0.05) is 0 Å². The number of nitrogens with one attached hydrogen (secondary N) is 2. The van der Waals surface area contributed by atoms with Gasteiger partial charge >= 0.3 is 0 Å². The second-order valence-corrected chi connectivity index (χ2v) is 3.16. The lowest BCUT2D eigenvalue weighted by Gasteiger charge is -2.15. The molecule has 84 valence electrons. The third-order valence-corrected chi connectivity index (χ3v) is 2.25. The van der Waals surface area contributed by atoms with Crippen molar-refractivity contribution in [1.29, 1.82) is 0 Å². The van der Waals surface area contributed by atoms with E-state index < -0.39 is 0 Å². The van der Waals surface area contributed by atoms with Gasteiger partial charge in [-0.3, -0.25) is 10.8 Å². The summed E-state index contributed by atoms with van der Waals surface area (Å²) in [6, 6.07) is 3.32. The summed E-state index contributed by atoms with van der Waals surface area (Å²) in [6.45, 7) is 0. The number of aromatic nitrogens is 3. The molecular formula is C10H13N5O. The lowest BCUT2D eigenvalue weighted by Crippen LogP contribution is -2.30. The number of ether oxygens (including phenoxy) is 1. The first-order valence-corrected chi connectivity index (χ1v) is 4.81. The maximum atomic E-state index is 5.51. The summed E-state index contributed by atoms with van der Waals surface area (Å²) >= 11 is 0. The molecule has 1 unspecified atom stereocenters. The summed E-state index contributed by atoms with van der Waals surface area (Å²) in [5.74, 6) is 6.88. The first kappa shape index (κ1) is 10.6. The number of methoxy groups -OCH3 is 1. The largest absolute Gasteiger partial charge is 0.495 e. The minimum absolute atomic E-state index is 0.314. The quantitative estimate of drug-likeness (QED) is 0.510. The van der Waals surface area contributed by atoms with Crippen LogP contribution in [-0.4, -0.2) is 22.1 Å². The number of nitrogens with two attached hydrogens (primary N) is 1. The molecule has 16 heavy (non-hydrogen) atoms. The highest BCUT2D eigenvalue weighted by molar-refractivity contribution is 5.32. The molecule has 0 amide bonds. The Morgan fingerprint density at radius 1 is 1.44 bits per heavy atom. The fraction of sp³-hybridized carbons (Fsp3) is 0.200. The lowest BCUT2D eigenvalue weighted by molar-refractivity contribution is 0.399. The Kier molecular flexibility index (Phi) is 3.13. The van der Waals surface area contributed by atoms with Gasteiger partial charge in [0.05, 0.1) is 7.11 Å². The summed E-state index contributed by atoms with van der Waals surface area (Å²) < 4.78 is 5.23. The number of rotatable bonds is 4. The van der Waals surface area contributed by atoms with Crippen LogP contribution in [0.3, 0.4) is 0 Å². The molecule has 0 aliphatic rings. The molecule has 4 N–H and O–H groups in total. The Morgan fingerprint density at radius 3 is 2.94 bits per heavy atom. The number of nitrogens with zero attached hydrogens (tertiary/aromatic N) is 2. The van der Waals surface area contributed by atoms with Crippen molar-refractivity contribution in [2.75, 3.05) is 7.11 Å². The van der Waals surface area contributed by atoms with Crippen molar-refractivity contribution in [2.24, 2.45) is 5.84 Å². The van der Waals surface area contributed by atoms with Crippen molar-refractivity contribution >= 4 is 0 Å². The van der Waals surface area contributed by atoms with Crippen LogP contribution in [0.25, 0.3) is 0 Å². The number of aromatic amines is 1. The number of hydrazine groups is 1. The molecule has 2 aromatic heterocycles. The third-order valence-electron chi connectivity index (χ3n) is 2.25. The zero-order valence-corrected chi connectivity index (χ0v) is 8.84. The molecule has 0 aliphatic heterocycles. The SMILES string of the molecule is COc1cccnc1C(NN)c1ncc[nH]1. The van der Waals surface area contributed by atoms with E-state index >= 15 is 0 Å². The van der Waals surface area contributed by atoms with E-state index in [1.165, 1.54) is 0 Å². The molecule has 0 fully saturated rings. The van der Waals surface area contributed by atoms with E-state index in [-0.39, 0.29) is 6.04 Å². The van der Waals surface area contributed by atoms with Crippen molar-refractivity contribution in [3.05, 3.63) is 42.2 Å². The van der Waals surface area contributed by atoms with E-state index in [0.29, 0.717) is 17.3 Å². The summed E-state index contributed by atoms with van der Waals surface area (Å²) in [5, 5.41) is 0. The van der Waals surface area contributed by atoms with Gasteiger partial charge < -0.3 is 9.72 Å². The van der Waals surface area contributed by atoms with E-state index in [9.17, 15) is 0 Å². The number of pyridine rings is 1. The minimum Gasteiger partial charge on any atom is -0.495 e. The zero-order valence-electron chi connectivity index (χ0n) is 8.84. The molecule has 0 aromatic carbocycles. The topological polar surface area (TPSA) is 88.8 Å². The Labute approximate surface area is 92.8 Å². The molecule has 2 aromatic rings. The van der Waals surface area contributed by atoms with Crippen LogP contribution >= 0.6 is 0 Å². The van der Waals surface area contributed by atoms with Crippen molar-refractivity contribution in [3.8, 4) is 5.75 Å². The minimum atomic E-state index is -0.314. The van der Waals surface area contributed by atoms with Gasteiger partial charge in [-0.2, -0.15) is 0 Å².